The van der Waals surface area contributed by atoms with Crippen LogP contribution in [0, 0.1) is 16.7 Å². The third-order valence-corrected chi connectivity index (χ3v) is 8.65. The van der Waals surface area contributed by atoms with Crippen molar-refractivity contribution in [2.24, 2.45) is 0 Å². The van der Waals surface area contributed by atoms with Gasteiger partial charge in [-0.25, -0.2) is 19.6 Å². The second-order valence-electron chi connectivity index (χ2n) is 12.2. The molecule has 2 aliphatic heterocycles. The Hall–Kier alpha value is -6.16. The number of methoxy groups -OCH3 is 1. The zero-order valence-electron chi connectivity index (χ0n) is 29.4. The van der Waals surface area contributed by atoms with Gasteiger partial charge in [0.1, 0.15) is 24.8 Å². The van der Waals surface area contributed by atoms with Crippen molar-refractivity contribution in [1.29, 1.82) is 10.7 Å². The second kappa shape index (κ2) is 19.3. The van der Waals surface area contributed by atoms with Crippen LogP contribution in [0.1, 0.15) is 22.3 Å². The Morgan fingerprint density at radius 2 is 1.12 bits per heavy atom. The maximum Gasteiger partial charge on any atom is 0.410 e. The van der Waals surface area contributed by atoms with Gasteiger partial charge < -0.3 is 33.8 Å². The molecule has 0 saturated carbocycles. The summed E-state index contributed by atoms with van der Waals surface area (Å²) in [4.78, 5) is 41.0. The lowest BCUT2D eigenvalue weighted by atomic mass is 10.2. The maximum absolute atomic E-state index is 12.3. The topological polar surface area (TPSA) is 148 Å². The van der Waals surface area contributed by atoms with Crippen LogP contribution in [0.4, 0.5) is 21.2 Å². The van der Waals surface area contributed by atoms with Gasteiger partial charge in [-0.1, -0.05) is 60.7 Å². The van der Waals surface area contributed by atoms with E-state index in [-0.39, 0.29) is 31.3 Å². The molecule has 0 unspecified atom stereocenters. The summed E-state index contributed by atoms with van der Waals surface area (Å²) in [6, 6.07) is 29.1. The van der Waals surface area contributed by atoms with E-state index < -0.39 is 0 Å². The first kappa shape index (κ1) is 37.1. The molecular weight excluding hydrogens is 660 g/mol. The number of amides is 2. The SMILES string of the molecule is COC(=N)Cc1ccnc(N2CCN(C(=O)OCc3ccccc3)CC2)c1.N#CCc1ccnc(N2CCN(C(=O)OCc3ccccc3)CC2)c1. The van der Waals surface area contributed by atoms with Gasteiger partial charge in [-0.2, -0.15) is 5.26 Å². The number of piperazine rings is 2. The predicted octanol–water partition coefficient (Wildman–Crippen LogP) is 5.31. The monoisotopic (exact) mass is 704 g/mol. The third kappa shape index (κ3) is 11.2. The minimum absolute atomic E-state index is 0.220. The first-order chi connectivity index (χ1) is 25.4. The van der Waals surface area contributed by atoms with E-state index in [1.54, 1.807) is 22.2 Å². The number of ether oxygens (including phenoxy) is 3. The van der Waals surface area contributed by atoms with Gasteiger partial charge in [-0.05, 0) is 46.5 Å². The van der Waals surface area contributed by atoms with Crippen LogP contribution in [0.15, 0.2) is 97.3 Å². The van der Waals surface area contributed by atoms with E-state index in [1.807, 2.05) is 84.9 Å². The Morgan fingerprint density at radius 3 is 1.56 bits per heavy atom. The lowest BCUT2D eigenvalue weighted by Crippen LogP contribution is -2.49. The van der Waals surface area contributed by atoms with Crippen LogP contribution < -0.4 is 9.80 Å². The lowest BCUT2D eigenvalue weighted by Gasteiger charge is -2.34. The summed E-state index contributed by atoms with van der Waals surface area (Å²) in [5.41, 5.74) is 3.90. The zero-order chi connectivity index (χ0) is 36.5. The Labute approximate surface area is 304 Å². The van der Waals surface area contributed by atoms with Gasteiger partial charge in [0.2, 0.25) is 0 Å². The summed E-state index contributed by atoms with van der Waals surface area (Å²) in [6.07, 6.45) is 3.72. The van der Waals surface area contributed by atoms with E-state index in [0.717, 1.165) is 33.9 Å². The quantitative estimate of drug-likeness (QED) is 0.180. The van der Waals surface area contributed by atoms with Gasteiger partial charge >= 0.3 is 12.2 Å². The molecule has 0 radical (unpaired) electrons. The molecule has 0 spiro atoms. The van der Waals surface area contributed by atoms with Crippen molar-refractivity contribution >= 4 is 29.7 Å². The second-order valence-corrected chi connectivity index (χ2v) is 12.2. The summed E-state index contributed by atoms with van der Waals surface area (Å²) in [5.74, 6) is 1.93. The molecule has 2 aliphatic rings. The molecule has 1 N–H and O–H groups in total. The van der Waals surface area contributed by atoms with Crippen molar-refractivity contribution in [2.75, 3.05) is 69.3 Å². The number of nitrogens with one attached hydrogen (secondary N) is 1. The van der Waals surface area contributed by atoms with E-state index in [0.29, 0.717) is 65.2 Å². The molecule has 6 rings (SSSR count). The Balaban J connectivity index is 0.000000202. The van der Waals surface area contributed by atoms with Crippen molar-refractivity contribution in [3.05, 3.63) is 120 Å². The summed E-state index contributed by atoms with van der Waals surface area (Å²) in [5, 5.41) is 16.5. The van der Waals surface area contributed by atoms with E-state index in [1.165, 1.54) is 7.11 Å². The molecule has 13 heteroatoms. The first-order valence-electron chi connectivity index (χ1n) is 17.2. The molecule has 2 amide bonds. The summed E-state index contributed by atoms with van der Waals surface area (Å²) >= 11 is 0. The molecule has 52 heavy (non-hydrogen) atoms. The normalized spacial score (nSPS) is 14.0. The fraction of sp³-hybridized carbons (Fsp3) is 0.333. The minimum Gasteiger partial charge on any atom is -0.484 e. The van der Waals surface area contributed by atoms with Gasteiger partial charge in [0, 0.05) is 71.2 Å². The summed E-state index contributed by atoms with van der Waals surface area (Å²) in [6.45, 7) is 5.73. The molecule has 4 aromatic rings. The smallest absolute Gasteiger partial charge is 0.410 e. The number of nitriles is 1. The molecule has 2 fully saturated rings. The van der Waals surface area contributed by atoms with Gasteiger partial charge in [0.25, 0.3) is 0 Å². The number of anilines is 2. The summed E-state index contributed by atoms with van der Waals surface area (Å²) in [7, 11) is 1.50. The van der Waals surface area contributed by atoms with Crippen molar-refractivity contribution in [3.8, 4) is 6.07 Å². The average Bonchev–Trinajstić information content (AvgIpc) is 3.20. The Morgan fingerprint density at radius 1 is 0.673 bits per heavy atom. The van der Waals surface area contributed by atoms with E-state index in [4.69, 9.17) is 24.9 Å². The fourth-order valence-corrected chi connectivity index (χ4v) is 5.69. The van der Waals surface area contributed by atoms with Crippen LogP contribution in [0.2, 0.25) is 0 Å². The third-order valence-electron chi connectivity index (χ3n) is 8.65. The van der Waals surface area contributed by atoms with Crippen LogP contribution in [0.5, 0.6) is 0 Å². The molecule has 0 atom stereocenters. The van der Waals surface area contributed by atoms with Crippen molar-refractivity contribution in [3.63, 3.8) is 0 Å². The van der Waals surface area contributed by atoms with Gasteiger partial charge in [0.05, 0.1) is 19.6 Å². The highest BCUT2D eigenvalue weighted by Gasteiger charge is 2.24. The molecule has 2 aromatic heterocycles. The number of aromatic nitrogens is 2. The number of benzene rings is 2. The predicted molar refractivity (Wildman–Crippen MR) is 197 cm³/mol. The number of hydrogen-bond donors (Lipinski definition) is 1. The minimum atomic E-state index is -0.284. The number of pyridine rings is 2. The number of carbonyl (C=O) groups excluding carboxylic acids is 2. The average molecular weight is 705 g/mol. The number of nitrogens with zero attached hydrogens (tertiary/aromatic N) is 7. The van der Waals surface area contributed by atoms with Gasteiger partial charge in [0.15, 0.2) is 5.90 Å². The van der Waals surface area contributed by atoms with Gasteiger partial charge in [-0.3, -0.25) is 5.41 Å². The highest BCUT2D eigenvalue weighted by Crippen LogP contribution is 2.18. The van der Waals surface area contributed by atoms with E-state index in [2.05, 4.69) is 25.8 Å². The Bertz CT molecular complexity index is 1790. The van der Waals surface area contributed by atoms with E-state index >= 15 is 0 Å². The highest BCUT2D eigenvalue weighted by molar-refractivity contribution is 5.75. The molecule has 4 heterocycles. The van der Waals surface area contributed by atoms with Crippen LogP contribution >= 0.6 is 0 Å². The largest absolute Gasteiger partial charge is 0.484 e. The van der Waals surface area contributed by atoms with E-state index in [9.17, 15) is 9.59 Å². The molecule has 13 nitrogen and oxygen atoms in total. The van der Waals surface area contributed by atoms with Crippen molar-refractivity contribution in [1.82, 2.24) is 19.8 Å². The number of rotatable bonds is 9. The molecule has 0 bridgehead atoms. The highest BCUT2D eigenvalue weighted by atomic mass is 16.6. The molecule has 2 saturated heterocycles. The lowest BCUT2D eigenvalue weighted by molar-refractivity contribution is 0.0935. The molecule has 270 valence electrons. The number of carbonyl (C=O) groups is 2. The summed E-state index contributed by atoms with van der Waals surface area (Å²) < 4.78 is 15.7. The Kier molecular flexibility index (Phi) is 13.8. The van der Waals surface area contributed by atoms with Crippen LogP contribution in [0.25, 0.3) is 0 Å². The van der Waals surface area contributed by atoms with Crippen LogP contribution in [-0.2, 0) is 40.3 Å². The van der Waals surface area contributed by atoms with Crippen LogP contribution in [-0.4, -0.2) is 97.3 Å². The zero-order valence-corrected chi connectivity index (χ0v) is 29.4. The fourth-order valence-electron chi connectivity index (χ4n) is 5.69. The van der Waals surface area contributed by atoms with Crippen molar-refractivity contribution < 1.29 is 23.8 Å². The van der Waals surface area contributed by atoms with Crippen molar-refractivity contribution in [2.45, 2.75) is 26.1 Å². The van der Waals surface area contributed by atoms with Gasteiger partial charge in [-0.15, -0.1) is 0 Å². The van der Waals surface area contributed by atoms with Crippen LogP contribution in [0.3, 0.4) is 0 Å². The molecule has 0 aliphatic carbocycles. The molecule has 2 aromatic carbocycles. The maximum atomic E-state index is 12.3. The molecular formula is C39H44N8O5. The number of hydrogen-bond acceptors (Lipinski definition) is 11. The first-order valence-corrected chi connectivity index (χ1v) is 17.2. The standard InChI is InChI=1S/C20H24N4O3.C19H20N4O2/c1-26-18(21)13-17-7-8-22-19(14-17)23-9-11-24(12-10-23)20(25)27-15-16-5-3-2-4-6-16;20-8-6-16-7-9-21-18(14-16)22-10-12-23(13-11-22)19(24)25-15-17-4-2-1-3-5-17/h2-8,14,21H,9-13,15H2,1H3;1-5,7,9,14H,6,10-13,15H2.